The summed E-state index contributed by atoms with van der Waals surface area (Å²) in [6.07, 6.45) is 0. The van der Waals surface area contributed by atoms with Gasteiger partial charge in [0.05, 0.1) is 24.0 Å². The van der Waals surface area contributed by atoms with E-state index >= 15 is 0 Å². The molecule has 0 bridgehead atoms. The second-order valence-electron chi connectivity index (χ2n) is 5.45. The smallest absolute Gasteiger partial charge is 0.253 e. The highest BCUT2D eigenvalue weighted by Crippen LogP contribution is 2.23. The molecule has 0 heterocycles. The van der Waals surface area contributed by atoms with Crippen molar-refractivity contribution in [2.45, 2.75) is 19.9 Å². The highest BCUT2D eigenvalue weighted by molar-refractivity contribution is 5.95. The lowest BCUT2D eigenvalue weighted by molar-refractivity contribution is 0.0827. The molecular weight excluding hydrogens is 254 g/mol. The molecule has 112 valence electrons. The number of nitrogens with zero attached hydrogens (tertiary/aromatic N) is 1. The number of amides is 1. The molecule has 0 aliphatic carbocycles. The Hall–Kier alpha value is -1.75. The van der Waals surface area contributed by atoms with Crippen LogP contribution in [-0.2, 0) is 4.74 Å². The average Bonchev–Trinajstić information content (AvgIpc) is 2.38. The van der Waals surface area contributed by atoms with Crippen LogP contribution >= 0.6 is 0 Å². The van der Waals surface area contributed by atoms with E-state index in [1.165, 1.54) is 4.90 Å². The molecule has 0 fully saturated rings. The third kappa shape index (κ3) is 4.13. The number of nitrogens with one attached hydrogen (secondary N) is 1. The van der Waals surface area contributed by atoms with E-state index in [1.807, 2.05) is 6.07 Å². The number of ether oxygens (including phenoxy) is 1. The molecule has 5 nitrogen and oxygen atoms in total. The summed E-state index contributed by atoms with van der Waals surface area (Å²) < 4.78 is 5.21. The second-order valence-corrected chi connectivity index (χ2v) is 5.45. The summed E-state index contributed by atoms with van der Waals surface area (Å²) in [5, 5.41) is 3.37. The molecule has 1 unspecified atom stereocenters. The Morgan fingerprint density at radius 2 is 2.05 bits per heavy atom. The molecule has 0 saturated carbocycles. The molecule has 0 aliphatic heterocycles. The van der Waals surface area contributed by atoms with Crippen molar-refractivity contribution in [3.63, 3.8) is 0 Å². The normalized spacial score (nSPS) is 12.3. The van der Waals surface area contributed by atoms with Gasteiger partial charge in [0.1, 0.15) is 0 Å². The molecule has 1 aromatic rings. The quantitative estimate of drug-likeness (QED) is 0.782. The number of methoxy groups -OCH3 is 1. The van der Waals surface area contributed by atoms with Gasteiger partial charge in [-0.05, 0) is 24.1 Å². The highest BCUT2D eigenvalue weighted by Gasteiger charge is 2.15. The predicted octanol–water partition coefficient (Wildman–Crippen LogP) is 2.05. The van der Waals surface area contributed by atoms with Gasteiger partial charge in [0, 0.05) is 26.8 Å². The summed E-state index contributed by atoms with van der Waals surface area (Å²) in [4.78, 5) is 13.4. The Bertz CT molecular complexity index is 458. The van der Waals surface area contributed by atoms with Crippen molar-refractivity contribution in [2.75, 3.05) is 38.9 Å². The lowest BCUT2D eigenvalue weighted by Gasteiger charge is -2.24. The van der Waals surface area contributed by atoms with E-state index in [2.05, 4.69) is 19.2 Å². The van der Waals surface area contributed by atoms with E-state index < -0.39 is 0 Å². The first-order chi connectivity index (χ1) is 9.36. The van der Waals surface area contributed by atoms with Crippen molar-refractivity contribution in [3.8, 4) is 0 Å². The number of hydrogen-bond acceptors (Lipinski definition) is 4. The number of nitrogen functional groups attached to an aromatic ring is 1. The molecule has 0 radical (unpaired) electrons. The number of benzene rings is 1. The van der Waals surface area contributed by atoms with Gasteiger partial charge in [-0.3, -0.25) is 4.79 Å². The van der Waals surface area contributed by atoms with Crippen LogP contribution in [0.1, 0.15) is 24.2 Å². The summed E-state index contributed by atoms with van der Waals surface area (Å²) in [5.41, 5.74) is 8.02. The zero-order valence-corrected chi connectivity index (χ0v) is 12.9. The van der Waals surface area contributed by atoms with Gasteiger partial charge in [-0.1, -0.05) is 13.8 Å². The van der Waals surface area contributed by atoms with E-state index in [-0.39, 0.29) is 11.9 Å². The fourth-order valence-electron chi connectivity index (χ4n) is 1.87. The number of hydrogen-bond donors (Lipinski definition) is 2. The summed E-state index contributed by atoms with van der Waals surface area (Å²) in [6, 6.07) is 5.51. The minimum Gasteiger partial charge on any atom is -0.397 e. The lowest BCUT2D eigenvalue weighted by Crippen LogP contribution is -2.30. The predicted molar refractivity (Wildman–Crippen MR) is 83.0 cm³/mol. The highest BCUT2D eigenvalue weighted by atomic mass is 16.5. The maximum atomic E-state index is 11.9. The van der Waals surface area contributed by atoms with Gasteiger partial charge >= 0.3 is 0 Å². The zero-order chi connectivity index (χ0) is 15.3. The van der Waals surface area contributed by atoms with Crippen LogP contribution in [0.15, 0.2) is 18.2 Å². The standard InChI is InChI=1S/C15H25N3O2/c1-10(2)14(9-20-5)17-13-7-6-11(8-12(13)16)15(19)18(3)4/h6-8,10,14,17H,9,16H2,1-5H3. The number of carbonyl (C=O) groups is 1. The van der Waals surface area contributed by atoms with Gasteiger partial charge in [0.2, 0.25) is 0 Å². The topological polar surface area (TPSA) is 67.6 Å². The first-order valence-electron chi connectivity index (χ1n) is 6.73. The number of carbonyl (C=O) groups excluding carboxylic acids is 1. The molecule has 20 heavy (non-hydrogen) atoms. The van der Waals surface area contributed by atoms with Gasteiger partial charge < -0.3 is 20.7 Å². The molecule has 1 rings (SSSR count). The Morgan fingerprint density at radius 3 is 2.50 bits per heavy atom. The molecule has 1 atom stereocenters. The maximum Gasteiger partial charge on any atom is 0.253 e. The minimum atomic E-state index is -0.0550. The summed E-state index contributed by atoms with van der Waals surface area (Å²) >= 11 is 0. The van der Waals surface area contributed by atoms with E-state index in [0.29, 0.717) is 23.8 Å². The first kappa shape index (κ1) is 16.3. The zero-order valence-electron chi connectivity index (χ0n) is 12.9. The van der Waals surface area contributed by atoms with Crippen LogP contribution in [0.3, 0.4) is 0 Å². The first-order valence-corrected chi connectivity index (χ1v) is 6.73. The van der Waals surface area contributed by atoms with Crippen LogP contribution in [0.4, 0.5) is 11.4 Å². The van der Waals surface area contributed by atoms with E-state index in [0.717, 1.165) is 5.69 Å². The third-order valence-corrected chi connectivity index (χ3v) is 3.20. The maximum absolute atomic E-state index is 11.9. The van der Waals surface area contributed by atoms with Crippen LogP contribution in [0.25, 0.3) is 0 Å². The Labute approximate surface area is 121 Å². The van der Waals surface area contributed by atoms with Crippen molar-refractivity contribution in [1.29, 1.82) is 0 Å². The van der Waals surface area contributed by atoms with Crippen molar-refractivity contribution in [3.05, 3.63) is 23.8 Å². The molecule has 0 spiro atoms. The summed E-state index contributed by atoms with van der Waals surface area (Å²) in [7, 11) is 5.12. The minimum absolute atomic E-state index is 0.0550. The monoisotopic (exact) mass is 279 g/mol. The van der Waals surface area contributed by atoms with Crippen LogP contribution in [0.5, 0.6) is 0 Å². The molecule has 0 saturated heterocycles. The van der Waals surface area contributed by atoms with E-state index in [9.17, 15) is 4.79 Å². The van der Waals surface area contributed by atoms with Gasteiger partial charge in [0.25, 0.3) is 5.91 Å². The Balaban J connectivity index is 2.90. The van der Waals surface area contributed by atoms with Gasteiger partial charge in [-0.25, -0.2) is 0 Å². The van der Waals surface area contributed by atoms with Gasteiger partial charge in [-0.2, -0.15) is 0 Å². The third-order valence-electron chi connectivity index (χ3n) is 3.20. The van der Waals surface area contributed by atoms with Gasteiger partial charge in [-0.15, -0.1) is 0 Å². The van der Waals surface area contributed by atoms with E-state index in [4.69, 9.17) is 10.5 Å². The SMILES string of the molecule is COCC(Nc1ccc(C(=O)N(C)C)cc1N)C(C)C. The molecule has 0 aromatic heterocycles. The number of anilines is 2. The largest absolute Gasteiger partial charge is 0.397 e. The molecular formula is C15H25N3O2. The molecule has 1 amide bonds. The summed E-state index contributed by atoms with van der Waals surface area (Å²) in [5.74, 6) is 0.359. The van der Waals surface area contributed by atoms with Gasteiger partial charge in [0.15, 0.2) is 0 Å². The number of nitrogens with two attached hydrogens (primary N) is 1. The Kier molecular flexibility index (Phi) is 5.82. The van der Waals surface area contributed by atoms with Crippen LogP contribution < -0.4 is 11.1 Å². The fraction of sp³-hybridized carbons (Fsp3) is 0.533. The molecule has 1 aromatic carbocycles. The second kappa shape index (κ2) is 7.14. The lowest BCUT2D eigenvalue weighted by atomic mass is 10.0. The van der Waals surface area contributed by atoms with E-state index in [1.54, 1.807) is 33.3 Å². The molecule has 0 aliphatic rings. The summed E-state index contributed by atoms with van der Waals surface area (Å²) in [6.45, 7) is 4.85. The molecule has 5 heteroatoms. The van der Waals surface area contributed by atoms with Crippen molar-refractivity contribution >= 4 is 17.3 Å². The fourth-order valence-corrected chi connectivity index (χ4v) is 1.87. The van der Waals surface area contributed by atoms with Crippen LogP contribution in [-0.4, -0.2) is 44.7 Å². The molecule has 3 N–H and O–H groups in total. The van der Waals surface area contributed by atoms with Crippen molar-refractivity contribution in [1.82, 2.24) is 4.90 Å². The van der Waals surface area contributed by atoms with Crippen molar-refractivity contribution in [2.24, 2.45) is 5.92 Å². The van der Waals surface area contributed by atoms with Crippen LogP contribution in [0.2, 0.25) is 0 Å². The van der Waals surface area contributed by atoms with Crippen LogP contribution in [0, 0.1) is 5.92 Å². The average molecular weight is 279 g/mol. The number of rotatable bonds is 6. The Morgan fingerprint density at radius 1 is 1.40 bits per heavy atom. The van der Waals surface area contributed by atoms with Crippen molar-refractivity contribution < 1.29 is 9.53 Å².